The van der Waals surface area contributed by atoms with Crippen LogP contribution in [-0.4, -0.2) is 11.0 Å². The van der Waals surface area contributed by atoms with Crippen LogP contribution in [0.4, 0.5) is 0 Å². The van der Waals surface area contributed by atoms with Crippen LogP contribution >= 0.6 is 23.2 Å². The molecule has 6 heteroatoms. The molecule has 1 aromatic carbocycles. The van der Waals surface area contributed by atoms with Crippen molar-refractivity contribution in [1.82, 2.24) is 4.98 Å². The summed E-state index contributed by atoms with van der Waals surface area (Å²) in [5, 5.41) is 0.840. The minimum absolute atomic E-state index is 0.0203. The average molecular weight is 322 g/mol. The standard InChI is InChI=1S/C15H9Cl2NO3/c1-7-4-9-12(21-15(20)13(9)14(19)18-7)6-8-2-3-10(16)11(17)5-8/h2-6H,1H3,(H,18,19). The number of ether oxygens (including phenoxy) is 1. The number of H-pyrrole nitrogens is 1. The molecule has 106 valence electrons. The monoisotopic (exact) mass is 321 g/mol. The molecule has 3 rings (SSSR count). The smallest absolute Gasteiger partial charge is 0.349 e. The average Bonchev–Trinajstić information content (AvgIpc) is 2.70. The molecule has 1 aliphatic heterocycles. The number of pyridine rings is 1. The molecule has 0 saturated carbocycles. The molecule has 2 heterocycles. The first-order valence-electron chi connectivity index (χ1n) is 6.09. The molecule has 1 N–H and O–H groups in total. The Balaban J connectivity index is 2.14. The van der Waals surface area contributed by atoms with E-state index in [1.54, 1.807) is 37.3 Å². The lowest BCUT2D eigenvalue weighted by molar-refractivity contribution is 0.0715. The molecule has 0 fully saturated rings. The Morgan fingerprint density at radius 3 is 2.62 bits per heavy atom. The highest BCUT2D eigenvalue weighted by Crippen LogP contribution is 2.31. The molecule has 0 atom stereocenters. The fourth-order valence-electron chi connectivity index (χ4n) is 2.15. The van der Waals surface area contributed by atoms with Gasteiger partial charge in [0.25, 0.3) is 5.56 Å². The largest absolute Gasteiger partial charge is 0.422 e. The Kier molecular flexibility index (Phi) is 3.35. The van der Waals surface area contributed by atoms with Crippen LogP contribution in [0.3, 0.4) is 0 Å². The number of halogens is 2. The highest BCUT2D eigenvalue weighted by molar-refractivity contribution is 6.42. The number of hydrogen-bond donors (Lipinski definition) is 1. The van der Waals surface area contributed by atoms with Crippen molar-refractivity contribution in [3.05, 3.63) is 67.0 Å². The predicted molar refractivity (Wildman–Crippen MR) is 81.5 cm³/mol. The van der Waals surface area contributed by atoms with Crippen molar-refractivity contribution < 1.29 is 9.53 Å². The van der Waals surface area contributed by atoms with E-state index in [1.807, 2.05) is 0 Å². The van der Waals surface area contributed by atoms with Crippen molar-refractivity contribution in [3.63, 3.8) is 0 Å². The second-order valence-electron chi connectivity index (χ2n) is 4.64. The van der Waals surface area contributed by atoms with Crippen LogP contribution in [0.2, 0.25) is 10.0 Å². The van der Waals surface area contributed by atoms with Gasteiger partial charge in [-0.15, -0.1) is 0 Å². The number of cyclic esters (lactones) is 1. The van der Waals surface area contributed by atoms with Gasteiger partial charge in [-0.1, -0.05) is 29.3 Å². The van der Waals surface area contributed by atoms with Gasteiger partial charge in [0.2, 0.25) is 0 Å². The molecule has 1 aromatic heterocycles. The van der Waals surface area contributed by atoms with Crippen LogP contribution in [0.15, 0.2) is 29.1 Å². The Morgan fingerprint density at radius 2 is 1.90 bits per heavy atom. The van der Waals surface area contributed by atoms with Gasteiger partial charge < -0.3 is 9.72 Å². The van der Waals surface area contributed by atoms with Gasteiger partial charge in [-0.25, -0.2) is 4.79 Å². The number of hydrogen-bond acceptors (Lipinski definition) is 3. The van der Waals surface area contributed by atoms with Crippen LogP contribution in [0.5, 0.6) is 0 Å². The van der Waals surface area contributed by atoms with Gasteiger partial charge in [-0.2, -0.15) is 0 Å². The van der Waals surface area contributed by atoms with Crippen molar-refractivity contribution in [1.29, 1.82) is 0 Å². The fourth-order valence-corrected chi connectivity index (χ4v) is 2.46. The summed E-state index contributed by atoms with van der Waals surface area (Å²) in [4.78, 5) is 26.2. The van der Waals surface area contributed by atoms with Gasteiger partial charge in [-0.3, -0.25) is 4.79 Å². The number of fused-ring (bicyclic) bond motifs is 1. The van der Waals surface area contributed by atoms with Gasteiger partial charge in [0, 0.05) is 11.3 Å². The van der Waals surface area contributed by atoms with E-state index in [2.05, 4.69) is 4.98 Å². The van der Waals surface area contributed by atoms with E-state index < -0.39 is 11.5 Å². The Hall–Kier alpha value is -2.04. The molecule has 2 aromatic rings. The lowest BCUT2D eigenvalue weighted by atomic mass is 10.1. The maximum atomic E-state index is 11.8. The maximum absolute atomic E-state index is 11.8. The molecule has 0 aliphatic carbocycles. The van der Waals surface area contributed by atoms with E-state index >= 15 is 0 Å². The van der Waals surface area contributed by atoms with Crippen LogP contribution in [0.25, 0.3) is 11.8 Å². The molecular weight excluding hydrogens is 313 g/mol. The third-order valence-electron chi connectivity index (χ3n) is 3.08. The molecule has 0 bridgehead atoms. The third kappa shape index (κ3) is 2.48. The molecule has 0 amide bonds. The summed E-state index contributed by atoms with van der Waals surface area (Å²) in [6, 6.07) is 6.75. The van der Waals surface area contributed by atoms with Crippen LogP contribution < -0.4 is 5.56 Å². The molecule has 0 radical (unpaired) electrons. The second-order valence-corrected chi connectivity index (χ2v) is 5.46. The van der Waals surface area contributed by atoms with E-state index in [0.29, 0.717) is 27.1 Å². The summed E-state index contributed by atoms with van der Waals surface area (Å²) in [6.07, 6.45) is 1.64. The van der Waals surface area contributed by atoms with Gasteiger partial charge in [0.15, 0.2) is 0 Å². The molecule has 1 aliphatic rings. The minimum Gasteiger partial charge on any atom is -0.422 e. The van der Waals surface area contributed by atoms with Crippen molar-refractivity contribution in [3.8, 4) is 0 Å². The highest BCUT2D eigenvalue weighted by Gasteiger charge is 2.30. The number of carbonyl (C=O) groups is 1. The topological polar surface area (TPSA) is 59.2 Å². The van der Waals surface area contributed by atoms with Crippen LogP contribution in [0.1, 0.15) is 27.2 Å². The second kappa shape index (κ2) is 5.06. The predicted octanol–water partition coefficient (Wildman–Crippen LogP) is 3.66. The van der Waals surface area contributed by atoms with Gasteiger partial charge in [-0.05, 0) is 36.8 Å². The van der Waals surface area contributed by atoms with Crippen molar-refractivity contribution >= 4 is 41.0 Å². The summed E-state index contributed by atoms with van der Waals surface area (Å²) in [5.74, 6) is -0.333. The summed E-state index contributed by atoms with van der Waals surface area (Å²) in [6.45, 7) is 1.74. The lowest BCUT2D eigenvalue weighted by Gasteiger charge is -2.01. The lowest BCUT2D eigenvalue weighted by Crippen LogP contribution is -2.16. The zero-order valence-electron chi connectivity index (χ0n) is 10.9. The number of aryl methyl sites for hydroxylation is 1. The van der Waals surface area contributed by atoms with Crippen molar-refractivity contribution in [2.45, 2.75) is 6.92 Å². The maximum Gasteiger partial charge on any atom is 0.349 e. The SMILES string of the molecule is Cc1cc2c(c(=O)[nH]1)C(=O)OC2=Cc1ccc(Cl)c(Cl)c1. The number of carbonyl (C=O) groups excluding carboxylic acids is 1. The Labute approximate surface area is 130 Å². The Morgan fingerprint density at radius 1 is 1.14 bits per heavy atom. The summed E-state index contributed by atoms with van der Waals surface area (Å²) < 4.78 is 5.17. The number of benzene rings is 1. The normalized spacial score (nSPS) is 15.2. The van der Waals surface area contributed by atoms with E-state index in [9.17, 15) is 9.59 Å². The van der Waals surface area contributed by atoms with Crippen molar-refractivity contribution in [2.24, 2.45) is 0 Å². The van der Waals surface area contributed by atoms with E-state index in [4.69, 9.17) is 27.9 Å². The molecule has 0 unspecified atom stereocenters. The van der Waals surface area contributed by atoms with Crippen LogP contribution in [0, 0.1) is 6.92 Å². The fraction of sp³-hybridized carbons (Fsp3) is 0.0667. The summed E-state index contributed by atoms with van der Waals surface area (Å²) in [5.41, 5.74) is 1.42. The molecule has 4 nitrogen and oxygen atoms in total. The number of aromatic nitrogens is 1. The Bertz CT molecular complexity index is 852. The first-order chi connectivity index (χ1) is 9.95. The van der Waals surface area contributed by atoms with Crippen molar-refractivity contribution in [2.75, 3.05) is 0 Å². The van der Waals surface area contributed by atoms with Crippen LogP contribution in [-0.2, 0) is 4.74 Å². The van der Waals surface area contributed by atoms with E-state index in [0.717, 1.165) is 5.56 Å². The zero-order chi connectivity index (χ0) is 15.1. The van der Waals surface area contributed by atoms with E-state index in [-0.39, 0.29) is 5.56 Å². The molecule has 0 saturated heterocycles. The van der Waals surface area contributed by atoms with Gasteiger partial charge in [0.1, 0.15) is 11.3 Å². The summed E-state index contributed by atoms with van der Waals surface area (Å²) in [7, 11) is 0. The molecular formula is C15H9Cl2NO3. The highest BCUT2D eigenvalue weighted by atomic mass is 35.5. The zero-order valence-corrected chi connectivity index (χ0v) is 12.4. The minimum atomic E-state index is -0.655. The number of esters is 1. The first kappa shape index (κ1) is 13.9. The molecule has 0 spiro atoms. The number of rotatable bonds is 1. The number of aromatic amines is 1. The summed E-state index contributed by atoms with van der Waals surface area (Å²) >= 11 is 11.8. The van der Waals surface area contributed by atoms with Gasteiger partial charge in [0.05, 0.1) is 10.0 Å². The number of nitrogens with one attached hydrogen (secondary N) is 1. The molecule has 21 heavy (non-hydrogen) atoms. The third-order valence-corrected chi connectivity index (χ3v) is 3.82. The quantitative estimate of drug-likeness (QED) is 0.815. The van der Waals surface area contributed by atoms with Gasteiger partial charge >= 0.3 is 5.97 Å². The first-order valence-corrected chi connectivity index (χ1v) is 6.84. The van der Waals surface area contributed by atoms with E-state index in [1.165, 1.54) is 0 Å².